The summed E-state index contributed by atoms with van der Waals surface area (Å²) in [5.41, 5.74) is 2.79. The van der Waals surface area contributed by atoms with Gasteiger partial charge in [-0.1, -0.05) is 54.2 Å². The SMILES string of the molecule is O=c1c2c(nc(SCc3cccc([N+](=O)[O-])c3)n1Cc1ccccc1)CCS2. The summed E-state index contributed by atoms with van der Waals surface area (Å²) in [6.45, 7) is 0.456. The molecule has 0 aliphatic carbocycles. The number of hydrogen-bond acceptors (Lipinski definition) is 6. The summed E-state index contributed by atoms with van der Waals surface area (Å²) >= 11 is 3.01. The normalized spacial score (nSPS) is 12.7. The van der Waals surface area contributed by atoms with Crippen LogP contribution in [0.1, 0.15) is 16.8 Å². The molecule has 0 radical (unpaired) electrons. The Labute approximate surface area is 170 Å². The molecule has 0 saturated heterocycles. The molecule has 2 heterocycles. The fourth-order valence-electron chi connectivity index (χ4n) is 3.05. The molecule has 8 heteroatoms. The lowest BCUT2D eigenvalue weighted by atomic mass is 10.2. The average molecular weight is 412 g/mol. The van der Waals surface area contributed by atoms with Gasteiger partial charge in [-0.05, 0) is 11.1 Å². The third-order valence-electron chi connectivity index (χ3n) is 4.42. The lowest BCUT2D eigenvalue weighted by Gasteiger charge is -2.14. The molecule has 0 fully saturated rings. The second kappa shape index (κ2) is 8.20. The summed E-state index contributed by atoms with van der Waals surface area (Å²) in [6.07, 6.45) is 0.797. The molecule has 6 nitrogen and oxygen atoms in total. The van der Waals surface area contributed by atoms with Gasteiger partial charge in [-0.3, -0.25) is 19.5 Å². The zero-order valence-electron chi connectivity index (χ0n) is 14.9. The van der Waals surface area contributed by atoms with E-state index in [2.05, 4.69) is 0 Å². The van der Waals surface area contributed by atoms with Gasteiger partial charge in [-0.2, -0.15) is 0 Å². The van der Waals surface area contributed by atoms with Crippen LogP contribution in [0.5, 0.6) is 0 Å². The van der Waals surface area contributed by atoms with Crippen LogP contribution in [0.3, 0.4) is 0 Å². The molecule has 0 N–H and O–H groups in total. The number of aromatic nitrogens is 2. The van der Waals surface area contributed by atoms with Crippen LogP contribution in [0, 0.1) is 10.1 Å². The minimum absolute atomic E-state index is 0.00195. The number of nitro groups is 1. The van der Waals surface area contributed by atoms with Crippen molar-refractivity contribution in [2.24, 2.45) is 0 Å². The third-order valence-corrected chi connectivity index (χ3v) is 6.58. The number of rotatable bonds is 6. The Kier molecular flexibility index (Phi) is 5.50. The van der Waals surface area contributed by atoms with Crippen molar-refractivity contribution in [2.75, 3.05) is 5.75 Å². The Morgan fingerprint density at radius 3 is 2.71 bits per heavy atom. The van der Waals surface area contributed by atoms with Crippen LogP contribution >= 0.6 is 23.5 Å². The van der Waals surface area contributed by atoms with Crippen LogP contribution in [-0.2, 0) is 18.7 Å². The average Bonchev–Trinajstić information content (AvgIpc) is 3.18. The van der Waals surface area contributed by atoms with E-state index in [1.165, 1.54) is 17.8 Å². The van der Waals surface area contributed by atoms with Gasteiger partial charge in [0.05, 0.1) is 22.1 Å². The lowest BCUT2D eigenvalue weighted by Crippen LogP contribution is -2.25. The molecule has 3 aromatic rings. The first-order valence-electron chi connectivity index (χ1n) is 8.78. The highest BCUT2D eigenvalue weighted by Gasteiger charge is 2.22. The largest absolute Gasteiger partial charge is 0.282 e. The van der Waals surface area contributed by atoms with Crippen LogP contribution < -0.4 is 5.56 Å². The first kappa shape index (κ1) is 18.8. The number of hydrogen-bond donors (Lipinski definition) is 0. The number of aryl methyl sites for hydroxylation is 1. The minimum atomic E-state index is -0.398. The molecule has 142 valence electrons. The number of nitro benzene ring substituents is 1. The quantitative estimate of drug-likeness (QED) is 0.263. The van der Waals surface area contributed by atoms with Crippen molar-refractivity contribution < 1.29 is 4.92 Å². The van der Waals surface area contributed by atoms with Gasteiger partial charge in [-0.25, -0.2) is 4.98 Å². The second-order valence-electron chi connectivity index (χ2n) is 6.36. The minimum Gasteiger partial charge on any atom is -0.282 e. The highest BCUT2D eigenvalue weighted by Crippen LogP contribution is 2.30. The van der Waals surface area contributed by atoms with E-state index >= 15 is 0 Å². The molecular weight excluding hydrogens is 394 g/mol. The smallest absolute Gasteiger partial charge is 0.269 e. The maximum Gasteiger partial charge on any atom is 0.269 e. The molecule has 0 bridgehead atoms. The summed E-state index contributed by atoms with van der Waals surface area (Å²) in [7, 11) is 0. The fraction of sp³-hybridized carbons (Fsp3) is 0.200. The van der Waals surface area contributed by atoms with E-state index in [0.29, 0.717) is 17.5 Å². The Balaban J connectivity index is 1.66. The highest BCUT2D eigenvalue weighted by atomic mass is 32.2. The topological polar surface area (TPSA) is 78.0 Å². The van der Waals surface area contributed by atoms with Crippen molar-refractivity contribution in [3.8, 4) is 0 Å². The van der Waals surface area contributed by atoms with E-state index in [4.69, 9.17) is 4.98 Å². The van der Waals surface area contributed by atoms with Gasteiger partial charge in [0.15, 0.2) is 5.16 Å². The molecule has 0 amide bonds. The van der Waals surface area contributed by atoms with Crippen molar-refractivity contribution in [2.45, 2.75) is 28.8 Å². The van der Waals surface area contributed by atoms with Gasteiger partial charge < -0.3 is 0 Å². The maximum atomic E-state index is 13.0. The summed E-state index contributed by atoms with van der Waals surface area (Å²) in [4.78, 5) is 29.1. The molecule has 4 rings (SSSR count). The van der Waals surface area contributed by atoms with Gasteiger partial charge in [-0.15, -0.1) is 11.8 Å². The fourth-order valence-corrected chi connectivity index (χ4v) is 5.05. The lowest BCUT2D eigenvalue weighted by molar-refractivity contribution is -0.384. The Hall–Kier alpha value is -2.58. The molecule has 1 aliphatic rings. The van der Waals surface area contributed by atoms with Gasteiger partial charge in [0.25, 0.3) is 11.2 Å². The molecule has 1 aliphatic heterocycles. The van der Waals surface area contributed by atoms with Gasteiger partial charge in [0.2, 0.25) is 0 Å². The molecule has 0 saturated carbocycles. The number of non-ortho nitro benzene ring substituents is 1. The molecule has 0 atom stereocenters. The molecule has 0 unspecified atom stereocenters. The summed E-state index contributed by atoms with van der Waals surface area (Å²) < 4.78 is 1.72. The van der Waals surface area contributed by atoms with Crippen molar-refractivity contribution in [1.29, 1.82) is 0 Å². The van der Waals surface area contributed by atoms with E-state index in [0.717, 1.165) is 33.9 Å². The van der Waals surface area contributed by atoms with E-state index in [1.54, 1.807) is 28.5 Å². The molecule has 1 aromatic heterocycles. The van der Waals surface area contributed by atoms with E-state index in [1.807, 2.05) is 36.4 Å². The van der Waals surface area contributed by atoms with Crippen LogP contribution in [0.25, 0.3) is 0 Å². The van der Waals surface area contributed by atoms with Crippen molar-refractivity contribution in [3.63, 3.8) is 0 Å². The number of benzene rings is 2. The summed E-state index contributed by atoms with van der Waals surface area (Å²) in [5, 5.41) is 11.7. The van der Waals surface area contributed by atoms with E-state index < -0.39 is 4.92 Å². The van der Waals surface area contributed by atoms with Crippen molar-refractivity contribution >= 4 is 29.2 Å². The molecule has 0 spiro atoms. The predicted molar refractivity (Wildman–Crippen MR) is 111 cm³/mol. The second-order valence-corrected chi connectivity index (χ2v) is 8.41. The van der Waals surface area contributed by atoms with E-state index in [-0.39, 0.29) is 11.2 Å². The Morgan fingerprint density at radius 2 is 1.93 bits per heavy atom. The van der Waals surface area contributed by atoms with Crippen LogP contribution in [0.15, 0.2) is 69.4 Å². The van der Waals surface area contributed by atoms with Crippen LogP contribution in [0.2, 0.25) is 0 Å². The van der Waals surface area contributed by atoms with Crippen LogP contribution in [0.4, 0.5) is 5.69 Å². The molecule has 2 aromatic carbocycles. The van der Waals surface area contributed by atoms with E-state index in [9.17, 15) is 14.9 Å². The standard InChI is InChI=1S/C20H17N3O3S2/c24-19-18-17(9-10-27-18)21-20(22(19)12-14-5-2-1-3-6-14)28-13-15-7-4-8-16(11-15)23(25)26/h1-8,11H,9-10,12-13H2. The Morgan fingerprint density at radius 1 is 1.14 bits per heavy atom. The van der Waals surface area contributed by atoms with Crippen LogP contribution in [-0.4, -0.2) is 20.2 Å². The van der Waals surface area contributed by atoms with Gasteiger partial charge >= 0.3 is 0 Å². The highest BCUT2D eigenvalue weighted by molar-refractivity contribution is 7.99. The zero-order valence-corrected chi connectivity index (χ0v) is 16.5. The summed E-state index contributed by atoms with van der Waals surface area (Å²) in [6, 6.07) is 16.4. The number of nitrogens with zero attached hydrogens (tertiary/aromatic N) is 3. The number of thioether (sulfide) groups is 2. The van der Waals surface area contributed by atoms with Crippen molar-refractivity contribution in [1.82, 2.24) is 9.55 Å². The monoisotopic (exact) mass is 411 g/mol. The van der Waals surface area contributed by atoms with Crippen molar-refractivity contribution in [3.05, 3.63) is 91.9 Å². The maximum absolute atomic E-state index is 13.0. The first-order valence-corrected chi connectivity index (χ1v) is 10.8. The molecular formula is C20H17N3O3S2. The number of fused-ring (bicyclic) bond motifs is 1. The van der Waals surface area contributed by atoms with Gasteiger partial charge in [0, 0.05) is 30.1 Å². The Bertz CT molecular complexity index is 1080. The predicted octanol–water partition coefficient (Wildman–Crippen LogP) is 4.14. The zero-order chi connectivity index (χ0) is 19.5. The molecule has 28 heavy (non-hydrogen) atoms. The summed E-state index contributed by atoms with van der Waals surface area (Å²) in [5.74, 6) is 1.39. The van der Waals surface area contributed by atoms with Gasteiger partial charge in [0.1, 0.15) is 0 Å². The first-order chi connectivity index (χ1) is 13.6. The third kappa shape index (κ3) is 3.98.